The normalized spacial score (nSPS) is 35.1. The Kier molecular flexibility index (Phi) is 5.89. The van der Waals surface area contributed by atoms with Crippen LogP contribution in [0.25, 0.3) is 0 Å². The third-order valence-electron chi connectivity index (χ3n) is 6.30. The second kappa shape index (κ2) is 7.82. The molecule has 1 aliphatic carbocycles. The molecule has 0 bridgehead atoms. The number of hydrogen-bond acceptors (Lipinski definition) is 5. The first-order valence-corrected chi connectivity index (χ1v) is 9.66. The SMILES string of the molecule is COCCN1C[C@]2(COCC1=O)CN(C(=O)C1CC(C)C1)C[C@H]2N(C)C. The van der Waals surface area contributed by atoms with Crippen molar-refractivity contribution in [1.82, 2.24) is 14.7 Å². The van der Waals surface area contributed by atoms with Gasteiger partial charge in [0, 0.05) is 50.7 Å². The highest BCUT2D eigenvalue weighted by atomic mass is 16.5. The van der Waals surface area contributed by atoms with Gasteiger partial charge in [0.15, 0.2) is 0 Å². The van der Waals surface area contributed by atoms with Crippen LogP contribution in [0.4, 0.5) is 0 Å². The lowest BCUT2D eigenvalue weighted by Crippen LogP contribution is -2.52. The molecular formula is C19H33N3O4. The molecule has 3 fully saturated rings. The predicted octanol–water partition coefficient (Wildman–Crippen LogP) is 0.297. The van der Waals surface area contributed by atoms with Gasteiger partial charge in [-0.05, 0) is 32.9 Å². The topological polar surface area (TPSA) is 62.3 Å². The Balaban J connectivity index is 1.77. The summed E-state index contributed by atoms with van der Waals surface area (Å²) in [5, 5.41) is 0. The van der Waals surface area contributed by atoms with Crippen LogP contribution in [0, 0.1) is 17.3 Å². The summed E-state index contributed by atoms with van der Waals surface area (Å²) in [7, 11) is 5.75. The number of ether oxygens (including phenoxy) is 2. The Hall–Kier alpha value is -1.18. The second-order valence-corrected chi connectivity index (χ2v) is 8.63. The van der Waals surface area contributed by atoms with Crippen LogP contribution >= 0.6 is 0 Å². The van der Waals surface area contributed by atoms with Crippen LogP contribution in [-0.4, -0.2) is 99.8 Å². The summed E-state index contributed by atoms with van der Waals surface area (Å²) in [6, 6.07) is 0.180. The van der Waals surface area contributed by atoms with Gasteiger partial charge in [-0.3, -0.25) is 9.59 Å². The van der Waals surface area contributed by atoms with E-state index in [1.54, 1.807) is 7.11 Å². The average Bonchev–Trinajstić information content (AvgIpc) is 2.86. The Morgan fingerprint density at radius 1 is 1.35 bits per heavy atom. The summed E-state index contributed by atoms with van der Waals surface area (Å²) < 4.78 is 11.0. The van der Waals surface area contributed by atoms with Gasteiger partial charge in [0.2, 0.25) is 11.8 Å². The van der Waals surface area contributed by atoms with E-state index in [4.69, 9.17) is 9.47 Å². The van der Waals surface area contributed by atoms with Crippen molar-refractivity contribution in [2.45, 2.75) is 25.8 Å². The molecule has 7 nitrogen and oxygen atoms in total. The van der Waals surface area contributed by atoms with E-state index in [0.29, 0.717) is 45.3 Å². The Morgan fingerprint density at radius 3 is 2.69 bits per heavy atom. The first-order chi connectivity index (χ1) is 12.4. The molecule has 2 atom stereocenters. The molecule has 2 saturated heterocycles. The largest absolute Gasteiger partial charge is 0.383 e. The molecule has 0 radical (unpaired) electrons. The quantitative estimate of drug-likeness (QED) is 0.699. The molecule has 3 aliphatic rings. The van der Waals surface area contributed by atoms with Gasteiger partial charge in [0.1, 0.15) is 6.61 Å². The molecule has 3 rings (SSSR count). The number of hydrogen-bond donors (Lipinski definition) is 0. The van der Waals surface area contributed by atoms with Crippen LogP contribution in [0.15, 0.2) is 0 Å². The maximum Gasteiger partial charge on any atom is 0.248 e. The minimum absolute atomic E-state index is 0.00836. The monoisotopic (exact) mass is 367 g/mol. The number of nitrogens with zero attached hydrogens (tertiary/aromatic N) is 3. The number of amides is 2. The van der Waals surface area contributed by atoms with Gasteiger partial charge >= 0.3 is 0 Å². The van der Waals surface area contributed by atoms with Crippen LogP contribution < -0.4 is 0 Å². The highest BCUT2D eigenvalue weighted by Crippen LogP contribution is 2.40. The number of methoxy groups -OCH3 is 1. The predicted molar refractivity (Wildman–Crippen MR) is 97.7 cm³/mol. The van der Waals surface area contributed by atoms with Gasteiger partial charge in [-0.2, -0.15) is 0 Å². The Bertz CT molecular complexity index is 535. The lowest BCUT2D eigenvalue weighted by atomic mass is 9.75. The Labute approximate surface area is 156 Å². The van der Waals surface area contributed by atoms with Gasteiger partial charge in [-0.1, -0.05) is 6.92 Å². The van der Waals surface area contributed by atoms with Crippen molar-refractivity contribution in [1.29, 1.82) is 0 Å². The first-order valence-electron chi connectivity index (χ1n) is 9.66. The zero-order valence-electron chi connectivity index (χ0n) is 16.6. The van der Waals surface area contributed by atoms with Gasteiger partial charge < -0.3 is 24.2 Å². The van der Waals surface area contributed by atoms with Crippen LogP contribution in [0.3, 0.4) is 0 Å². The molecule has 2 aliphatic heterocycles. The third kappa shape index (κ3) is 3.75. The molecule has 2 amide bonds. The van der Waals surface area contributed by atoms with E-state index >= 15 is 0 Å². The fourth-order valence-corrected chi connectivity index (χ4v) is 4.84. The number of likely N-dealkylation sites (N-methyl/N-ethyl adjacent to an activating group) is 1. The highest BCUT2D eigenvalue weighted by Gasteiger charge is 2.52. The van der Waals surface area contributed by atoms with Gasteiger partial charge in [-0.15, -0.1) is 0 Å². The van der Waals surface area contributed by atoms with Crippen molar-refractivity contribution < 1.29 is 19.1 Å². The van der Waals surface area contributed by atoms with E-state index in [1.165, 1.54) is 0 Å². The fourth-order valence-electron chi connectivity index (χ4n) is 4.84. The van der Waals surface area contributed by atoms with Crippen LogP contribution in [-0.2, 0) is 19.1 Å². The Morgan fingerprint density at radius 2 is 2.08 bits per heavy atom. The summed E-state index contributed by atoms with van der Waals surface area (Å²) >= 11 is 0. The van der Waals surface area contributed by atoms with E-state index in [9.17, 15) is 9.59 Å². The van der Waals surface area contributed by atoms with E-state index in [1.807, 2.05) is 9.80 Å². The summed E-state index contributed by atoms with van der Waals surface area (Å²) in [4.78, 5) is 31.4. The van der Waals surface area contributed by atoms with Crippen LogP contribution in [0.1, 0.15) is 19.8 Å². The number of rotatable bonds is 5. The molecule has 0 N–H and O–H groups in total. The minimum atomic E-state index is -0.242. The molecule has 0 aromatic heterocycles. The minimum Gasteiger partial charge on any atom is -0.383 e. The van der Waals surface area contributed by atoms with Crippen molar-refractivity contribution in [3.63, 3.8) is 0 Å². The van der Waals surface area contributed by atoms with Crippen molar-refractivity contribution in [3.8, 4) is 0 Å². The van der Waals surface area contributed by atoms with E-state index in [0.717, 1.165) is 12.8 Å². The third-order valence-corrected chi connectivity index (χ3v) is 6.30. The van der Waals surface area contributed by atoms with Crippen molar-refractivity contribution in [2.24, 2.45) is 17.3 Å². The molecule has 0 aromatic carbocycles. The van der Waals surface area contributed by atoms with Crippen LogP contribution in [0.5, 0.6) is 0 Å². The molecule has 148 valence electrons. The van der Waals surface area contributed by atoms with Crippen molar-refractivity contribution in [3.05, 3.63) is 0 Å². The average molecular weight is 367 g/mol. The van der Waals surface area contributed by atoms with Crippen molar-refractivity contribution in [2.75, 3.05) is 67.2 Å². The van der Waals surface area contributed by atoms with E-state index in [-0.39, 0.29) is 35.8 Å². The van der Waals surface area contributed by atoms with E-state index in [2.05, 4.69) is 25.9 Å². The summed E-state index contributed by atoms with van der Waals surface area (Å²) in [6.45, 7) is 5.89. The zero-order chi connectivity index (χ0) is 18.9. The molecule has 26 heavy (non-hydrogen) atoms. The van der Waals surface area contributed by atoms with Gasteiger partial charge in [0.25, 0.3) is 0 Å². The van der Waals surface area contributed by atoms with Gasteiger partial charge in [0.05, 0.1) is 13.2 Å². The van der Waals surface area contributed by atoms with Crippen LogP contribution in [0.2, 0.25) is 0 Å². The van der Waals surface area contributed by atoms with E-state index < -0.39 is 0 Å². The zero-order valence-corrected chi connectivity index (χ0v) is 16.6. The first kappa shape index (κ1) is 19.6. The number of likely N-dealkylation sites (tertiary alicyclic amines) is 1. The summed E-state index contributed by atoms with van der Waals surface area (Å²) in [5.74, 6) is 1.13. The lowest BCUT2D eigenvalue weighted by Gasteiger charge is -2.39. The standard InChI is InChI=1S/C19H33N3O4/c1-14-7-15(8-14)18(24)22-9-16(20(2)3)19(12-22)11-21(5-6-25-4)17(23)10-26-13-19/h14-16H,5-13H2,1-4H3/t14?,15?,16-,19-/m1/s1. The molecule has 1 saturated carbocycles. The maximum atomic E-state index is 12.9. The molecular weight excluding hydrogens is 334 g/mol. The number of carbonyl (C=O) groups is 2. The molecule has 1 spiro atoms. The number of carbonyl (C=O) groups excluding carboxylic acids is 2. The fraction of sp³-hybridized carbons (Fsp3) is 0.895. The highest BCUT2D eigenvalue weighted by molar-refractivity contribution is 5.80. The molecule has 7 heteroatoms. The summed E-state index contributed by atoms with van der Waals surface area (Å²) in [5.41, 5.74) is -0.242. The summed E-state index contributed by atoms with van der Waals surface area (Å²) in [6.07, 6.45) is 2.01. The smallest absolute Gasteiger partial charge is 0.248 e. The van der Waals surface area contributed by atoms with Gasteiger partial charge in [-0.25, -0.2) is 0 Å². The molecule has 0 unspecified atom stereocenters. The molecule has 0 aromatic rings. The maximum absolute atomic E-state index is 12.9. The second-order valence-electron chi connectivity index (χ2n) is 8.63. The molecule has 2 heterocycles. The van der Waals surface area contributed by atoms with Crippen molar-refractivity contribution >= 4 is 11.8 Å². The lowest BCUT2D eigenvalue weighted by molar-refractivity contribution is -0.139.